The fourth-order valence-corrected chi connectivity index (χ4v) is 7.23. The van der Waals surface area contributed by atoms with Crippen LogP contribution in [-0.4, -0.2) is 41.0 Å². The van der Waals surface area contributed by atoms with E-state index < -0.39 is 5.97 Å². The van der Waals surface area contributed by atoms with Crippen LogP contribution < -0.4 is 10.1 Å². The molecule has 2 aromatic heterocycles. The fourth-order valence-electron chi connectivity index (χ4n) is 4.10. The summed E-state index contributed by atoms with van der Waals surface area (Å²) < 4.78 is 8.07. The summed E-state index contributed by atoms with van der Waals surface area (Å²) in [6.07, 6.45) is 2.73. The Balaban J connectivity index is 1.39. The monoisotopic (exact) mass is 517 g/mol. The number of anilines is 1. The number of hydrogen-bond donors (Lipinski definition) is 1. The number of methoxy groups -OCH3 is 1. The van der Waals surface area contributed by atoms with Crippen LogP contribution in [0.2, 0.25) is 0 Å². The zero-order valence-corrected chi connectivity index (χ0v) is 21.8. The van der Waals surface area contributed by atoms with Crippen molar-refractivity contribution < 1.29 is 19.1 Å². The molecule has 10 heteroatoms. The summed E-state index contributed by atoms with van der Waals surface area (Å²) in [7, 11) is 1.35. The van der Waals surface area contributed by atoms with Gasteiger partial charge in [0.05, 0.1) is 34.4 Å². The number of rotatable bonds is 7. The van der Waals surface area contributed by atoms with Crippen LogP contribution in [0.5, 0.6) is 0 Å². The number of esters is 1. The quantitative estimate of drug-likeness (QED) is 0.466. The number of amides is 2. The van der Waals surface area contributed by atoms with Gasteiger partial charge in [-0.1, -0.05) is 30.4 Å². The van der Waals surface area contributed by atoms with Crippen molar-refractivity contribution in [3.05, 3.63) is 45.1 Å². The number of hydrogen-bond acceptors (Lipinski definition) is 7. The second kappa shape index (κ2) is 10.9. The van der Waals surface area contributed by atoms with E-state index in [9.17, 15) is 14.4 Å². The Hall–Kier alpha value is -2.43. The van der Waals surface area contributed by atoms with E-state index in [1.807, 2.05) is 35.8 Å². The van der Waals surface area contributed by atoms with Crippen LogP contribution in [0.1, 0.15) is 41.1 Å². The van der Waals surface area contributed by atoms with Gasteiger partial charge in [-0.3, -0.25) is 9.59 Å². The lowest BCUT2D eigenvalue weighted by atomic mass is 9.88. The van der Waals surface area contributed by atoms with Gasteiger partial charge in [0.25, 0.3) is 5.91 Å². The van der Waals surface area contributed by atoms with E-state index in [2.05, 4.69) is 17.2 Å². The van der Waals surface area contributed by atoms with Crippen LogP contribution in [0.25, 0.3) is 10.2 Å². The highest BCUT2D eigenvalue weighted by Gasteiger charge is 2.28. The van der Waals surface area contributed by atoms with Crippen molar-refractivity contribution in [3.8, 4) is 0 Å². The van der Waals surface area contributed by atoms with Gasteiger partial charge in [0.2, 0.25) is 5.91 Å². The summed E-state index contributed by atoms with van der Waals surface area (Å²) in [6.45, 7) is 4.93. The lowest BCUT2D eigenvalue weighted by Gasteiger charge is -2.18. The van der Waals surface area contributed by atoms with Crippen molar-refractivity contribution in [2.24, 2.45) is 10.9 Å². The van der Waals surface area contributed by atoms with Crippen molar-refractivity contribution in [3.63, 3.8) is 0 Å². The predicted octanol–water partition coefficient (Wildman–Crippen LogP) is 4.49. The number of thiophene rings is 1. The molecule has 0 fully saturated rings. The van der Waals surface area contributed by atoms with E-state index in [1.165, 1.54) is 41.5 Å². The highest BCUT2D eigenvalue weighted by molar-refractivity contribution is 8.00. The normalized spacial score (nSPS) is 15.9. The number of aryl methyl sites for hydroxylation is 1. The zero-order valence-electron chi connectivity index (χ0n) is 19.4. The zero-order chi connectivity index (χ0) is 24.2. The minimum Gasteiger partial charge on any atom is -0.465 e. The molecule has 1 aromatic carbocycles. The van der Waals surface area contributed by atoms with Gasteiger partial charge in [0, 0.05) is 11.4 Å². The largest absolute Gasteiger partial charge is 0.465 e. The van der Waals surface area contributed by atoms with Gasteiger partial charge in [-0.05, 0) is 49.8 Å². The Morgan fingerprint density at radius 2 is 2.03 bits per heavy atom. The van der Waals surface area contributed by atoms with Crippen LogP contribution in [-0.2, 0) is 33.7 Å². The molecule has 0 saturated heterocycles. The van der Waals surface area contributed by atoms with E-state index >= 15 is 0 Å². The predicted molar refractivity (Wildman–Crippen MR) is 139 cm³/mol. The Bertz CT molecular complexity index is 1300. The lowest BCUT2D eigenvalue weighted by molar-refractivity contribution is -0.115. The number of nitrogens with one attached hydrogen (secondary N) is 1. The number of carbonyl (C=O) groups is 3. The molecule has 1 atom stereocenters. The van der Waals surface area contributed by atoms with Gasteiger partial charge in [-0.2, -0.15) is 4.99 Å². The second-order valence-electron chi connectivity index (χ2n) is 8.19. The molecule has 3 aromatic rings. The summed E-state index contributed by atoms with van der Waals surface area (Å²) in [6, 6.07) is 7.97. The average molecular weight is 518 g/mol. The smallest absolute Gasteiger partial charge is 0.341 e. The number of thioether (sulfide) groups is 1. The van der Waals surface area contributed by atoms with E-state index in [-0.39, 0.29) is 23.3 Å². The number of para-hydroxylation sites is 1. The molecule has 0 spiro atoms. The number of thiazole rings is 1. The molecule has 0 bridgehead atoms. The van der Waals surface area contributed by atoms with E-state index in [1.54, 1.807) is 0 Å². The third-order valence-corrected chi connectivity index (χ3v) is 8.88. The van der Waals surface area contributed by atoms with Crippen molar-refractivity contribution >= 4 is 67.4 Å². The van der Waals surface area contributed by atoms with Crippen molar-refractivity contribution in [2.45, 2.75) is 39.7 Å². The van der Waals surface area contributed by atoms with Crippen LogP contribution in [0.3, 0.4) is 0 Å². The summed E-state index contributed by atoms with van der Waals surface area (Å²) in [5.74, 6) is -0.189. The first-order valence-corrected chi connectivity index (χ1v) is 14.0. The van der Waals surface area contributed by atoms with Crippen LogP contribution >= 0.6 is 34.4 Å². The van der Waals surface area contributed by atoms with Gasteiger partial charge in [-0.15, -0.1) is 23.1 Å². The highest BCUT2D eigenvalue weighted by atomic mass is 32.2. The van der Waals surface area contributed by atoms with Gasteiger partial charge in [0.15, 0.2) is 4.80 Å². The Morgan fingerprint density at radius 1 is 1.24 bits per heavy atom. The van der Waals surface area contributed by atoms with Crippen LogP contribution in [0, 0.1) is 5.92 Å². The number of ether oxygens (including phenoxy) is 1. The molecule has 2 heterocycles. The molecule has 1 unspecified atom stereocenters. The highest BCUT2D eigenvalue weighted by Crippen LogP contribution is 2.40. The number of fused-ring (bicyclic) bond motifs is 2. The average Bonchev–Trinajstić information content (AvgIpc) is 3.34. The molecular weight excluding hydrogens is 490 g/mol. The fraction of sp³-hybridized carbons (Fsp3) is 0.417. The third-order valence-electron chi connectivity index (χ3n) is 5.74. The minimum absolute atomic E-state index is 0.0982. The number of aromatic nitrogens is 1. The lowest BCUT2D eigenvalue weighted by Crippen LogP contribution is -2.19. The molecule has 2 amide bonds. The van der Waals surface area contributed by atoms with Crippen LogP contribution in [0.15, 0.2) is 29.3 Å². The summed E-state index contributed by atoms with van der Waals surface area (Å²) in [4.78, 5) is 43.5. The summed E-state index contributed by atoms with van der Waals surface area (Å²) >= 11 is 4.15. The molecule has 7 nitrogen and oxygen atoms in total. The third kappa shape index (κ3) is 5.29. The molecule has 0 saturated carbocycles. The first kappa shape index (κ1) is 24.7. The van der Waals surface area contributed by atoms with Crippen molar-refractivity contribution in [1.82, 2.24) is 4.57 Å². The Kier molecular flexibility index (Phi) is 7.90. The molecule has 34 heavy (non-hydrogen) atoms. The van der Waals surface area contributed by atoms with E-state index in [0.29, 0.717) is 21.3 Å². The van der Waals surface area contributed by atoms with Crippen LogP contribution in [0.4, 0.5) is 5.00 Å². The maximum absolute atomic E-state index is 12.6. The maximum Gasteiger partial charge on any atom is 0.341 e. The molecule has 0 radical (unpaired) electrons. The molecule has 1 aliphatic rings. The Labute approximate surface area is 210 Å². The molecule has 1 N–H and O–H groups in total. The molecule has 1 aliphatic carbocycles. The maximum atomic E-state index is 12.6. The minimum atomic E-state index is -0.420. The van der Waals surface area contributed by atoms with Gasteiger partial charge in [-0.25, -0.2) is 4.79 Å². The first-order chi connectivity index (χ1) is 16.4. The number of benzene rings is 1. The number of carbonyl (C=O) groups excluding carboxylic acids is 3. The van der Waals surface area contributed by atoms with Gasteiger partial charge < -0.3 is 14.6 Å². The summed E-state index contributed by atoms with van der Waals surface area (Å²) in [5, 5.41) is 3.41. The standard InChI is InChI=1S/C24H27N3O4S3/c1-4-27-16-7-5-6-8-17(16)34-24(27)26-20(29)13-32-12-19(28)25-22-21(23(30)31-3)15-10-9-14(2)11-18(15)33-22/h5-8,14H,4,9-13H2,1-3H3,(H,25,28). The molecular formula is C24H27N3O4S3. The molecule has 4 rings (SSSR count). The van der Waals surface area contributed by atoms with E-state index in [4.69, 9.17) is 4.74 Å². The summed E-state index contributed by atoms with van der Waals surface area (Å²) in [5.41, 5.74) is 2.54. The van der Waals surface area contributed by atoms with Gasteiger partial charge >= 0.3 is 5.97 Å². The SMILES string of the molecule is CCn1c(=NC(=O)CSCC(=O)Nc2sc3c(c2C(=O)OC)CCC(C)C3)sc2ccccc21. The number of nitrogens with zero attached hydrogens (tertiary/aromatic N) is 2. The van der Waals surface area contributed by atoms with Crippen molar-refractivity contribution in [1.29, 1.82) is 0 Å². The van der Waals surface area contributed by atoms with Gasteiger partial charge in [0.1, 0.15) is 5.00 Å². The molecule has 180 valence electrons. The van der Waals surface area contributed by atoms with E-state index in [0.717, 1.165) is 46.5 Å². The first-order valence-electron chi connectivity index (χ1n) is 11.2. The Morgan fingerprint density at radius 3 is 2.79 bits per heavy atom. The van der Waals surface area contributed by atoms with Crippen molar-refractivity contribution in [2.75, 3.05) is 23.9 Å². The second-order valence-corrected chi connectivity index (χ2v) is 11.3. The topological polar surface area (TPSA) is 89.8 Å². The molecule has 0 aliphatic heterocycles.